The number of ether oxygens (including phenoxy) is 1. The van der Waals surface area contributed by atoms with Gasteiger partial charge in [0, 0.05) is 31.1 Å². The summed E-state index contributed by atoms with van der Waals surface area (Å²) < 4.78 is 5.54. The number of rotatable bonds is 2. The molecule has 0 aliphatic carbocycles. The van der Waals surface area contributed by atoms with Crippen molar-refractivity contribution in [2.45, 2.75) is 83.5 Å². The van der Waals surface area contributed by atoms with E-state index < -0.39 is 17.6 Å². The van der Waals surface area contributed by atoms with Crippen LogP contribution in [0, 0.1) is 0 Å². The van der Waals surface area contributed by atoms with Crippen LogP contribution >= 0.6 is 0 Å². The number of benzene rings is 1. The Morgan fingerprint density at radius 2 is 1.91 bits per heavy atom. The Balaban J connectivity index is 1.44. The van der Waals surface area contributed by atoms with E-state index in [9.17, 15) is 19.2 Å². The maximum Gasteiger partial charge on any atom is 0.410 e. The molecule has 2 fully saturated rings. The number of nitrogens with zero attached hydrogens (tertiary/aromatic N) is 2. The van der Waals surface area contributed by atoms with Crippen LogP contribution in [0.3, 0.4) is 0 Å². The summed E-state index contributed by atoms with van der Waals surface area (Å²) >= 11 is 0. The van der Waals surface area contributed by atoms with Gasteiger partial charge in [0.1, 0.15) is 11.6 Å². The molecular formula is C24H31N3O5. The van der Waals surface area contributed by atoms with Crippen LogP contribution < -0.4 is 5.32 Å². The molecule has 8 heteroatoms. The Kier molecular flexibility index (Phi) is 5.73. The van der Waals surface area contributed by atoms with Crippen molar-refractivity contribution in [2.75, 3.05) is 6.54 Å². The van der Waals surface area contributed by atoms with Crippen LogP contribution in [0.15, 0.2) is 18.2 Å². The van der Waals surface area contributed by atoms with E-state index in [1.165, 1.54) is 0 Å². The monoisotopic (exact) mass is 441 g/mol. The summed E-state index contributed by atoms with van der Waals surface area (Å²) in [5.74, 6) is -0.557. The normalized spacial score (nSPS) is 26.1. The number of amides is 4. The average Bonchev–Trinajstić information content (AvgIpc) is 3.02. The molecule has 8 nitrogen and oxygen atoms in total. The van der Waals surface area contributed by atoms with Crippen molar-refractivity contribution < 1.29 is 23.9 Å². The van der Waals surface area contributed by atoms with Gasteiger partial charge in [0.25, 0.3) is 5.91 Å². The van der Waals surface area contributed by atoms with E-state index in [0.717, 1.165) is 24.0 Å². The van der Waals surface area contributed by atoms with E-state index in [1.54, 1.807) is 9.80 Å². The van der Waals surface area contributed by atoms with Crippen LogP contribution in [0.25, 0.3) is 0 Å². The first-order chi connectivity index (χ1) is 15.0. The van der Waals surface area contributed by atoms with E-state index >= 15 is 0 Å². The molecule has 1 aromatic rings. The van der Waals surface area contributed by atoms with Crippen LogP contribution in [0.1, 0.15) is 80.8 Å². The standard InChI is InChI=1S/C24H31N3O5/c1-14-11-16(9-10-26(14)23(31)32-24(2,3)4)15-5-6-18-17(12-15)13-27(22(18)30)19-7-8-20(28)25-21(19)29/h5-6,12,14,16,19H,7-11,13H2,1-4H3,(H,25,28,29). The van der Waals surface area contributed by atoms with E-state index in [4.69, 9.17) is 4.74 Å². The Labute approximate surface area is 188 Å². The van der Waals surface area contributed by atoms with Crippen molar-refractivity contribution in [2.24, 2.45) is 0 Å². The summed E-state index contributed by atoms with van der Waals surface area (Å²) in [5.41, 5.74) is 2.17. The largest absolute Gasteiger partial charge is 0.444 e. The Bertz CT molecular complexity index is 967. The number of likely N-dealkylation sites (tertiary alicyclic amines) is 1. The summed E-state index contributed by atoms with van der Waals surface area (Å²) in [6.45, 7) is 8.64. The summed E-state index contributed by atoms with van der Waals surface area (Å²) in [4.78, 5) is 52.5. The van der Waals surface area contributed by atoms with Crippen molar-refractivity contribution in [3.05, 3.63) is 34.9 Å². The number of hydrogen-bond acceptors (Lipinski definition) is 5. The SMILES string of the molecule is CC1CC(c2ccc3c(c2)CN(C2CCC(=O)NC2=O)C3=O)CCN1C(=O)OC(C)(C)C. The van der Waals surface area contributed by atoms with Gasteiger partial charge < -0.3 is 14.5 Å². The van der Waals surface area contributed by atoms with Crippen molar-refractivity contribution in [1.82, 2.24) is 15.1 Å². The minimum Gasteiger partial charge on any atom is -0.444 e. The van der Waals surface area contributed by atoms with Gasteiger partial charge >= 0.3 is 6.09 Å². The minimum absolute atomic E-state index is 0.0541. The van der Waals surface area contributed by atoms with Crippen molar-refractivity contribution >= 4 is 23.8 Å². The molecule has 1 N–H and O–H groups in total. The summed E-state index contributed by atoms with van der Waals surface area (Å²) in [6, 6.07) is 5.36. The number of fused-ring (bicyclic) bond motifs is 1. The van der Waals surface area contributed by atoms with Crippen LogP contribution in [-0.2, 0) is 20.9 Å². The van der Waals surface area contributed by atoms with Gasteiger partial charge in [-0.05, 0) is 70.1 Å². The molecule has 3 aliphatic heterocycles. The van der Waals surface area contributed by atoms with Gasteiger partial charge in [-0.15, -0.1) is 0 Å². The third-order valence-electron chi connectivity index (χ3n) is 6.52. The van der Waals surface area contributed by atoms with Gasteiger partial charge in [0.2, 0.25) is 11.8 Å². The highest BCUT2D eigenvalue weighted by Crippen LogP contribution is 2.35. The highest BCUT2D eigenvalue weighted by molar-refractivity contribution is 6.05. The molecule has 3 heterocycles. The Hall–Kier alpha value is -2.90. The molecule has 3 atom stereocenters. The average molecular weight is 442 g/mol. The molecule has 0 saturated carbocycles. The Morgan fingerprint density at radius 1 is 1.16 bits per heavy atom. The molecule has 0 bridgehead atoms. The molecule has 0 spiro atoms. The molecule has 4 rings (SSSR count). The zero-order valence-corrected chi connectivity index (χ0v) is 19.1. The van der Waals surface area contributed by atoms with Crippen LogP contribution in [0.4, 0.5) is 4.79 Å². The molecule has 2 saturated heterocycles. The predicted octanol–water partition coefficient (Wildman–Crippen LogP) is 2.95. The lowest BCUT2D eigenvalue weighted by molar-refractivity contribution is -0.136. The molecule has 0 aromatic heterocycles. The maximum atomic E-state index is 12.9. The molecule has 3 unspecified atom stereocenters. The van der Waals surface area contributed by atoms with Gasteiger partial charge in [-0.25, -0.2) is 4.79 Å². The van der Waals surface area contributed by atoms with Gasteiger partial charge in [-0.2, -0.15) is 0 Å². The molecule has 32 heavy (non-hydrogen) atoms. The quantitative estimate of drug-likeness (QED) is 0.712. The van der Waals surface area contributed by atoms with Crippen LogP contribution in [0.2, 0.25) is 0 Å². The summed E-state index contributed by atoms with van der Waals surface area (Å²) in [5, 5.41) is 2.33. The Morgan fingerprint density at radius 3 is 2.56 bits per heavy atom. The lowest BCUT2D eigenvalue weighted by atomic mass is 9.85. The lowest BCUT2D eigenvalue weighted by Gasteiger charge is -2.38. The molecule has 1 aromatic carbocycles. The first kappa shape index (κ1) is 22.3. The van der Waals surface area contributed by atoms with Crippen molar-refractivity contribution in [3.63, 3.8) is 0 Å². The van der Waals surface area contributed by atoms with Crippen molar-refractivity contribution in [1.29, 1.82) is 0 Å². The predicted molar refractivity (Wildman–Crippen MR) is 117 cm³/mol. The summed E-state index contributed by atoms with van der Waals surface area (Å²) in [6.07, 6.45) is 1.98. The van der Waals surface area contributed by atoms with Crippen LogP contribution in [-0.4, -0.2) is 57.8 Å². The molecule has 4 amide bonds. The smallest absolute Gasteiger partial charge is 0.410 e. The number of imide groups is 1. The first-order valence-electron chi connectivity index (χ1n) is 11.3. The molecular weight excluding hydrogens is 410 g/mol. The fraction of sp³-hybridized carbons (Fsp3) is 0.583. The van der Waals surface area contributed by atoms with E-state index in [-0.39, 0.29) is 36.3 Å². The maximum absolute atomic E-state index is 12.9. The van der Waals surface area contributed by atoms with Gasteiger partial charge in [0.15, 0.2) is 0 Å². The number of carbonyl (C=O) groups excluding carboxylic acids is 4. The number of nitrogens with one attached hydrogen (secondary N) is 1. The zero-order valence-electron chi connectivity index (χ0n) is 19.1. The summed E-state index contributed by atoms with van der Waals surface area (Å²) in [7, 11) is 0. The number of hydrogen-bond donors (Lipinski definition) is 1. The van der Waals surface area contributed by atoms with E-state index in [1.807, 2.05) is 39.8 Å². The van der Waals surface area contributed by atoms with Gasteiger partial charge in [-0.3, -0.25) is 19.7 Å². The first-order valence-corrected chi connectivity index (χ1v) is 11.3. The fourth-order valence-corrected chi connectivity index (χ4v) is 4.92. The van der Waals surface area contributed by atoms with E-state index in [0.29, 0.717) is 25.1 Å². The third kappa shape index (κ3) is 4.36. The van der Waals surface area contributed by atoms with Gasteiger partial charge in [-0.1, -0.05) is 12.1 Å². The van der Waals surface area contributed by atoms with Gasteiger partial charge in [0.05, 0.1) is 0 Å². The second-order valence-corrected chi connectivity index (χ2v) is 10.1. The second kappa shape index (κ2) is 8.22. The topological polar surface area (TPSA) is 96.0 Å². The zero-order chi connectivity index (χ0) is 23.2. The minimum atomic E-state index is -0.604. The number of piperidine rings is 2. The molecule has 3 aliphatic rings. The van der Waals surface area contributed by atoms with E-state index in [2.05, 4.69) is 11.4 Å². The third-order valence-corrected chi connectivity index (χ3v) is 6.52. The second-order valence-electron chi connectivity index (χ2n) is 10.1. The van der Waals surface area contributed by atoms with Crippen molar-refractivity contribution in [3.8, 4) is 0 Å². The molecule has 0 radical (unpaired) electrons. The molecule has 172 valence electrons. The highest BCUT2D eigenvalue weighted by Gasteiger charge is 2.39. The fourth-order valence-electron chi connectivity index (χ4n) is 4.92. The number of carbonyl (C=O) groups is 4. The van der Waals surface area contributed by atoms with Crippen LogP contribution in [0.5, 0.6) is 0 Å². The highest BCUT2D eigenvalue weighted by atomic mass is 16.6. The lowest BCUT2D eigenvalue weighted by Crippen LogP contribution is -2.52.